The van der Waals surface area contributed by atoms with E-state index >= 15 is 0 Å². The molecule has 1 heterocycles. The Morgan fingerprint density at radius 2 is 1.76 bits per heavy atom. The first kappa shape index (κ1) is 21.9. The summed E-state index contributed by atoms with van der Waals surface area (Å²) in [7, 11) is 0. The van der Waals surface area contributed by atoms with Crippen LogP contribution in [0, 0.1) is 30.6 Å². The Labute approximate surface area is 197 Å². The number of amides is 2. The van der Waals surface area contributed by atoms with Gasteiger partial charge in [-0.1, -0.05) is 30.7 Å². The molecular weight excluding hydrogens is 436 g/mol. The topological polar surface area (TPSA) is 95.5 Å². The third-order valence-electron chi connectivity index (χ3n) is 7.21. The van der Waals surface area contributed by atoms with Gasteiger partial charge in [-0.25, -0.2) is 0 Å². The molecule has 1 aromatic heterocycles. The van der Waals surface area contributed by atoms with Crippen LogP contribution in [0.2, 0.25) is 0 Å². The molecule has 3 aliphatic carbocycles. The van der Waals surface area contributed by atoms with Crippen LogP contribution in [0.15, 0.2) is 36.4 Å². The normalized spacial score (nSPS) is 25.4. The third-order valence-corrected chi connectivity index (χ3v) is 8.42. The van der Waals surface area contributed by atoms with Gasteiger partial charge in [-0.15, -0.1) is 11.3 Å². The van der Waals surface area contributed by atoms with E-state index in [1.807, 2.05) is 43.3 Å². The van der Waals surface area contributed by atoms with Crippen molar-refractivity contribution in [3.63, 3.8) is 0 Å². The van der Waals surface area contributed by atoms with Crippen LogP contribution in [0.4, 0.5) is 10.7 Å². The van der Waals surface area contributed by atoms with Crippen LogP contribution in [-0.4, -0.2) is 22.9 Å². The fraction of sp³-hybridized carbons (Fsp3) is 0.423. The molecule has 0 radical (unpaired) electrons. The number of carboxylic acids is 1. The summed E-state index contributed by atoms with van der Waals surface area (Å²) in [5, 5.41) is 16.3. The maximum absolute atomic E-state index is 13.4. The predicted octanol–water partition coefficient (Wildman–Crippen LogP) is 5.04. The molecule has 6 nitrogen and oxygen atoms in total. The fourth-order valence-corrected chi connectivity index (χ4v) is 6.99. The lowest BCUT2D eigenvalue weighted by Gasteiger charge is -2.23. The minimum atomic E-state index is -0.925. The second kappa shape index (κ2) is 8.78. The molecule has 2 aromatic rings. The smallest absolute Gasteiger partial charge is 0.307 e. The summed E-state index contributed by atoms with van der Waals surface area (Å²) in [6.07, 6.45) is 9.53. The van der Waals surface area contributed by atoms with Crippen molar-refractivity contribution in [1.82, 2.24) is 0 Å². The van der Waals surface area contributed by atoms with Crippen molar-refractivity contribution in [1.29, 1.82) is 0 Å². The minimum Gasteiger partial charge on any atom is -0.481 e. The molecule has 2 bridgehead atoms. The van der Waals surface area contributed by atoms with Gasteiger partial charge in [-0.05, 0) is 74.1 Å². The number of fused-ring (bicyclic) bond motifs is 3. The first-order valence-corrected chi connectivity index (χ1v) is 12.5. The van der Waals surface area contributed by atoms with Crippen molar-refractivity contribution < 1.29 is 19.5 Å². The monoisotopic (exact) mass is 464 g/mol. The molecule has 1 saturated carbocycles. The second-order valence-electron chi connectivity index (χ2n) is 9.42. The molecule has 0 spiro atoms. The Kier molecular flexibility index (Phi) is 5.83. The van der Waals surface area contributed by atoms with E-state index in [1.165, 1.54) is 11.3 Å². The summed E-state index contributed by atoms with van der Waals surface area (Å²) < 4.78 is 0. The predicted molar refractivity (Wildman–Crippen MR) is 129 cm³/mol. The average Bonchev–Trinajstić information content (AvgIpc) is 3.42. The number of rotatable bonds is 5. The van der Waals surface area contributed by atoms with Gasteiger partial charge in [0.2, 0.25) is 5.91 Å². The second-order valence-corrected chi connectivity index (χ2v) is 10.5. The van der Waals surface area contributed by atoms with Crippen molar-refractivity contribution in [2.75, 3.05) is 10.6 Å². The van der Waals surface area contributed by atoms with Crippen LogP contribution >= 0.6 is 11.3 Å². The molecule has 1 aromatic carbocycles. The zero-order chi connectivity index (χ0) is 23.1. The Morgan fingerprint density at radius 3 is 2.52 bits per heavy atom. The number of thiophene rings is 1. The highest BCUT2D eigenvalue weighted by atomic mass is 32.1. The van der Waals surface area contributed by atoms with Gasteiger partial charge in [0.15, 0.2) is 0 Å². The summed E-state index contributed by atoms with van der Waals surface area (Å²) in [5.74, 6) is -2.90. The van der Waals surface area contributed by atoms with Gasteiger partial charge in [0.25, 0.3) is 5.91 Å². The number of aryl methyl sites for hydroxylation is 2. The van der Waals surface area contributed by atoms with Crippen molar-refractivity contribution >= 4 is 39.8 Å². The third kappa shape index (κ3) is 4.10. The zero-order valence-electron chi connectivity index (χ0n) is 18.6. The lowest BCUT2D eigenvalue weighted by Crippen LogP contribution is -2.36. The maximum Gasteiger partial charge on any atom is 0.307 e. The number of aliphatic carboxylic acids is 1. The van der Waals surface area contributed by atoms with E-state index in [9.17, 15) is 19.5 Å². The summed E-state index contributed by atoms with van der Waals surface area (Å²) >= 11 is 1.48. The standard InChI is InChI=1S/C26H28N2O4S/c1-14-6-5-7-17(12-14)27-24(30)22-18-8-3-2-4-9-19(18)33-25(22)28-23(29)20-15-10-11-16(13-15)21(20)26(31)32/h5-7,10-12,15-16,20-21H,2-4,8-9,13H2,1H3,(H,27,30)(H,28,29)(H,31,32)/t15-,16+,20-,21+/m1/s1. The Balaban J connectivity index is 1.46. The Hall–Kier alpha value is -2.93. The first-order valence-electron chi connectivity index (χ1n) is 11.7. The van der Waals surface area contributed by atoms with Crippen LogP contribution in [0.25, 0.3) is 0 Å². The fourth-order valence-electron chi connectivity index (χ4n) is 5.70. The van der Waals surface area contributed by atoms with Gasteiger partial charge in [-0.3, -0.25) is 14.4 Å². The number of carbonyl (C=O) groups is 3. The SMILES string of the molecule is Cc1cccc(NC(=O)c2c(NC(=O)[C@H]3[C@@H](C(=O)O)[C@H]4C=C[C@@H]3C4)sc3c2CCCCC3)c1. The molecule has 172 valence electrons. The molecule has 1 fully saturated rings. The summed E-state index contributed by atoms with van der Waals surface area (Å²) in [6.45, 7) is 1.97. The molecule has 5 rings (SSSR count). The van der Waals surface area contributed by atoms with Crippen molar-refractivity contribution in [3.8, 4) is 0 Å². The lowest BCUT2D eigenvalue weighted by atomic mass is 9.82. The maximum atomic E-state index is 13.4. The van der Waals surface area contributed by atoms with Crippen LogP contribution in [0.5, 0.6) is 0 Å². The summed E-state index contributed by atoms with van der Waals surface area (Å²) in [5.41, 5.74) is 3.34. The molecule has 7 heteroatoms. The van der Waals surface area contributed by atoms with E-state index in [0.717, 1.165) is 53.8 Å². The van der Waals surface area contributed by atoms with E-state index in [-0.39, 0.29) is 23.7 Å². The average molecular weight is 465 g/mol. The highest BCUT2D eigenvalue weighted by molar-refractivity contribution is 7.17. The highest BCUT2D eigenvalue weighted by Gasteiger charge is 2.51. The number of carboxylic acid groups (broad SMARTS) is 1. The zero-order valence-corrected chi connectivity index (χ0v) is 19.4. The van der Waals surface area contributed by atoms with Gasteiger partial charge in [-0.2, -0.15) is 0 Å². The van der Waals surface area contributed by atoms with Crippen molar-refractivity contribution in [3.05, 3.63) is 58.0 Å². The molecule has 3 aliphatic rings. The van der Waals surface area contributed by atoms with E-state index in [1.54, 1.807) is 0 Å². The number of nitrogens with one attached hydrogen (secondary N) is 2. The number of anilines is 2. The van der Waals surface area contributed by atoms with Crippen LogP contribution in [-0.2, 0) is 22.4 Å². The minimum absolute atomic E-state index is 0.0570. The van der Waals surface area contributed by atoms with Crippen molar-refractivity contribution in [2.45, 2.75) is 45.4 Å². The van der Waals surface area contributed by atoms with Gasteiger partial charge in [0.1, 0.15) is 5.00 Å². The van der Waals surface area contributed by atoms with Crippen LogP contribution < -0.4 is 10.6 Å². The number of carbonyl (C=O) groups excluding carboxylic acids is 2. The lowest BCUT2D eigenvalue weighted by molar-refractivity contribution is -0.146. The van der Waals surface area contributed by atoms with E-state index in [4.69, 9.17) is 0 Å². The summed E-state index contributed by atoms with van der Waals surface area (Å²) in [4.78, 5) is 39.8. The number of hydrogen-bond donors (Lipinski definition) is 3. The molecule has 33 heavy (non-hydrogen) atoms. The van der Waals surface area contributed by atoms with E-state index < -0.39 is 17.8 Å². The molecule has 0 unspecified atom stereocenters. The van der Waals surface area contributed by atoms with Gasteiger partial charge >= 0.3 is 5.97 Å². The molecule has 2 amide bonds. The van der Waals surface area contributed by atoms with Crippen molar-refractivity contribution in [2.24, 2.45) is 23.7 Å². The Morgan fingerprint density at radius 1 is 1.00 bits per heavy atom. The number of allylic oxidation sites excluding steroid dienone is 2. The molecule has 0 saturated heterocycles. The van der Waals surface area contributed by atoms with Gasteiger partial charge in [0, 0.05) is 10.6 Å². The van der Waals surface area contributed by atoms with Gasteiger partial charge in [0.05, 0.1) is 17.4 Å². The Bertz CT molecular complexity index is 1150. The van der Waals surface area contributed by atoms with Crippen LogP contribution in [0.1, 0.15) is 52.0 Å². The number of benzene rings is 1. The quantitative estimate of drug-likeness (QED) is 0.427. The molecule has 4 atom stereocenters. The number of hydrogen-bond acceptors (Lipinski definition) is 4. The molecule has 3 N–H and O–H groups in total. The largest absolute Gasteiger partial charge is 0.481 e. The molecule has 0 aliphatic heterocycles. The van der Waals surface area contributed by atoms with E-state index in [0.29, 0.717) is 17.0 Å². The summed E-state index contributed by atoms with van der Waals surface area (Å²) in [6, 6.07) is 7.64. The molecular formula is C26H28N2O4S. The first-order chi connectivity index (χ1) is 15.9. The van der Waals surface area contributed by atoms with Crippen LogP contribution in [0.3, 0.4) is 0 Å². The highest BCUT2D eigenvalue weighted by Crippen LogP contribution is 2.49. The van der Waals surface area contributed by atoms with E-state index in [2.05, 4.69) is 10.6 Å². The van der Waals surface area contributed by atoms with Gasteiger partial charge < -0.3 is 15.7 Å².